The molecule has 1 amide bonds. The van der Waals surface area contributed by atoms with E-state index in [9.17, 15) is 4.79 Å². The first-order valence-corrected chi connectivity index (χ1v) is 13.1. The van der Waals surface area contributed by atoms with E-state index in [-0.39, 0.29) is 5.91 Å². The molecule has 186 valence electrons. The van der Waals surface area contributed by atoms with E-state index >= 15 is 0 Å². The molecule has 0 radical (unpaired) electrons. The normalized spacial score (nSPS) is 17.5. The van der Waals surface area contributed by atoms with Crippen molar-refractivity contribution >= 4 is 5.91 Å². The van der Waals surface area contributed by atoms with Gasteiger partial charge in [-0.2, -0.15) is 0 Å². The molecule has 1 N–H and O–H groups in total. The van der Waals surface area contributed by atoms with Gasteiger partial charge in [-0.25, -0.2) is 5.01 Å². The highest BCUT2D eigenvalue weighted by Crippen LogP contribution is 2.38. The number of benzene rings is 1. The molecule has 6 heteroatoms. The summed E-state index contributed by atoms with van der Waals surface area (Å²) in [6.07, 6.45) is 11.8. The largest absolute Gasteiger partial charge is 0.497 e. The number of piperidine rings is 1. The molecular weight excluding hydrogens is 426 g/mol. The first-order chi connectivity index (χ1) is 16.6. The zero-order chi connectivity index (χ0) is 23.9. The van der Waals surface area contributed by atoms with Gasteiger partial charge < -0.3 is 14.0 Å². The third-order valence-corrected chi connectivity index (χ3v) is 7.40. The molecule has 0 atom stereocenters. The zero-order valence-corrected chi connectivity index (χ0v) is 21.2. The van der Waals surface area contributed by atoms with Gasteiger partial charge in [0.25, 0.3) is 5.91 Å². The summed E-state index contributed by atoms with van der Waals surface area (Å²) in [6.45, 7) is 4.99. The van der Waals surface area contributed by atoms with E-state index in [1.807, 2.05) is 18.2 Å². The molecule has 1 saturated heterocycles. The van der Waals surface area contributed by atoms with Crippen molar-refractivity contribution in [2.24, 2.45) is 5.92 Å². The van der Waals surface area contributed by atoms with Crippen molar-refractivity contribution in [3.63, 3.8) is 0 Å². The molecule has 2 aliphatic rings. The highest BCUT2D eigenvalue weighted by molar-refractivity contribution is 5.97. The Morgan fingerprint density at radius 3 is 2.41 bits per heavy atom. The molecule has 2 fully saturated rings. The van der Waals surface area contributed by atoms with Crippen molar-refractivity contribution in [1.82, 2.24) is 15.0 Å². The van der Waals surface area contributed by atoms with E-state index in [1.165, 1.54) is 38.5 Å². The van der Waals surface area contributed by atoms with Crippen LogP contribution in [0.2, 0.25) is 0 Å². The van der Waals surface area contributed by atoms with Gasteiger partial charge in [0.1, 0.15) is 11.5 Å². The van der Waals surface area contributed by atoms with E-state index < -0.39 is 0 Å². The van der Waals surface area contributed by atoms with E-state index in [0.29, 0.717) is 5.92 Å². The van der Waals surface area contributed by atoms with Gasteiger partial charge >= 0.3 is 0 Å². The van der Waals surface area contributed by atoms with Gasteiger partial charge in [0.15, 0.2) is 0 Å². The Hall–Kier alpha value is -2.47. The second-order valence-corrected chi connectivity index (χ2v) is 9.81. The molecule has 6 nitrogen and oxygen atoms in total. The lowest BCUT2D eigenvalue weighted by atomic mass is 9.89. The molecule has 1 aromatic carbocycles. The summed E-state index contributed by atoms with van der Waals surface area (Å²) < 4.78 is 13.7. The molecule has 0 bridgehead atoms. The van der Waals surface area contributed by atoms with Crippen molar-refractivity contribution in [3.8, 4) is 22.8 Å². The smallest absolute Gasteiger partial charge is 0.267 e. The highest BCUT2D eigenvalue weighted by Gasteiger charge is 2.26. The summed E-state index contributed by atoms with van der Waals surface area (Å²) >= 11 is 0. The topological polar surface area (TPSA) is 55.7 Å². The molecule has 2 heterocycles. The lowest BCUT2D eigenvalue weighted by Gasteiger charge is -2.27. The first-order valence-electron chi connectivity index (χ1n) is 13.1. The summed E-state index contributed by atoms with van der Waals surface area (Å²) in [5.41, 5.74) is 7.17. The summed E-state index contributed by atoms with van der Waals surface area (Å²) in [5, 5.41) is 2.09. The molecule has 1 aliphatic heterocycles. The third-order valence-electron chi connectivity index (χ3n) is 7.40. The van der Waals surface area contributed by atoms with Gasteiger partial charge in [0, 0.05) is 30.9 Å². The second-order valence-electron chi connectivity index (χ2n) is 9.81. The molecule has 2 aromatic rings. The lowest BCUT2D eigenvalue weighted by molar-refractivity contribution is 0.0749. The van der Waals surface area contributed by atoms with Crippen LogP contribution in [-0.2, 0) is 13.0 Å². The van der Waals surface area contributed by atoms with Crippen LogP contribution in [0.25, 0.3) is 11.3 Å². The van der Waals surface area contributed by atoms with Gasteiger partial charge in [0.2, 0.25) is 0 Å². The van der Waals surface area contributed by atoms with Gasteiger partial charge in [-0.3, -0.25) is 10.2 Å². The Kier molecular flexibility index (Phi) is 8.54. The predicted octanol–water partition coefficient (Wildman–Crippen LogP) is 5.84. The number of hydrazine groups is 1. The number of hydrogen-bond donors (Lipinski definition) is 1. The number of methoxy groups -OCH3 is 2. The van der Waals surface area contributed by atoms with Crippen LogP contribution in [0.3, 0.4) is 0 Å². The third kappa shape index (κ3) is 5.60. The number of nitrogens with one attached hydrogen (secondary N) is 1. The Labute approximate surface area is 204 Å². The van der Waals surface area contributed by atoms with Crippen LogP contribution in [0.1, 0.15) is 80.8 Å². The minimum atomic E-state index is 0.0101. The average molecular weight is 468 g/mol. The summed E-state index contributed by atoms with van der Waals surface area (Å²) in [4.78, 5) is 13.6. The molecule has 0 unspecified atom stereocenters. The molecule has 1 aromatic heterocycles. The average Bonchev–Trinajstić information content (AvgIpc) is 3.23. The van der Waals surface area contributed by atoms with Crippen LogP contribution >= 0.6 is 0 Å². The van der Waals surface area contributed by atoms with Crippen LogP contribution in [0, 0.1) is 5.92 Å². The number of aromatic nitrogens is 1. The van der Waals surface area contributed by atoms with Gasteiger partial charge in [-0.1, -0.05) is 39.0 Å². The molecule has 4 rings (SSSR count). The van der Waals surface area contributed by atoms with Crippen LogP contribution in [0.5, 0.6) is 11.5 Å². The second kappa shape index (κ2) is 11.8. The van der Waals surface area contributed by atoms with Crippen molar-refractivity contribution in [2.45, 2.75) is 77.7 Å². The van der Waals surface area contributed by atoms with Gasteiger partial charge in [-0.15, -0.1) is 0 Å². The molecular formula is C28H41N3O3. The van der Waals surface area contributed by atoms with Gasteiger partial charge in [-0.05, 0) is 62.3 Å². The zero-order valence-electron chi connectivity index (χ0n) is 21.2. The standard InChI is InChI=1S/C28H41N3O3/c1-4-11-25-24(28(32)29-30-16-9-6-10-17-30)19-26(31(25)20-21-12-7-5-8-13-21)23-18-22(33-2)14-15-27(23)34-3/h14-15,18-19,21H,4-13,16-17,20H2,1-3H3,(H,29,32). The number of nitrogens with zero attached hydrogens (tertiary/aromatic N) is 2. The van der Waals surface area contributed by atoms with E-state index in [2.05, 4.69) is 28.0 Å². The maximum Gasteiger partial charge on any atom is 0.267 e. The Morgan fingerprint density at radius 1 is 1.00 bits per heavy atom. The molecule has 0 spiro atoms. The number of carbonyl (C=O) groups excluding carboxylic acids is 1. The Bertz CT molecular complexity index is 956. The van der Waals surface area contributed by atoms with Crippen molar-refractivity contribution < 1.29 is 14.3 Å². The van der Waals surface area contributed by atoms with Crippen LogP contribution in [0.15, 0.2) is 24.3 Å². The number of hydrogen-bond acceptors (Lipinski definition) is 4. The quantitative estimate of drug-likeness (QED) is 0.504. The molecule has 34 heavy (non-hydrogen) atoms. The first kappa shape index (κ1) is 24.6. The molecule has 1 aliphatic carbocycles. The number of amides is 1. The predicted molar refractivity (Wildman–Crippen MR) is 136 cm³/mol. The maximum atomic E-state index is 13.6. The number of carbonyl (C=O) groups is 1. The Morgan fingerprint density at radius 2 is 1.74 bits per heavy atom. The van der Waals surface area contributed by atoms with Crippen molar-refractivity contribution in [3.05, 3.63) is 35.5 Å². The molecule has 1 saturated carbocycles. The maximum absolute atomic E-state index is 13.6. The van der Waals surface area contributed by atoms with E-state index in [0.717, 1.165) is 79.3 Å². The summed E-state index contributed by atoms with van der Waals surface area (Å²) in [6, 6.07) is 8.00. The monoisotopic (exact) mass is 467 g/mol. The van der Waals surface area contributed by atoms with Crippen LogP contribution < -0.4 is 14.9 Å². The fraction of sp³-hybridized carbons (Fsp3) is 0.607. The fourth-order valence-corrected chi connectivity index (χ4v) is 5.58. The van der Waals surface area contributed by atoms with Crippen LogP contribution in [0.4, 0.5) is 0 Å². The van der Waals surface area contributed by atoms with Gasteiger partial charge in [0.05, 0.1) is 25.5 Å². The highest BCUT2D eigenvalue weighted by atomic mass is 16.5. The Balaban J connectivity index is 1.78. The SMILES string of the molecule is CCCc1c(C(=O)NN2CCCCC2)cc(-c2cc(OC)ccc2OC)n1CC1CCCCC1. The van der Waals surface area contributed by atoms with Crippen molar-refractivity contribution in [2.75, 3.05) is 27.3 Å². The van der Waals surface area contributed by atoms with Crippen molar-refractivity contribution in [1.29, 1.82) is 0 Å². The van der Waals surface area contributed by atoms with E-state index in [4.69, 9.17) is 9.47 Å². The lowest BCUT2D eigenvalue weighted by Crippen LogP contribution is -2.45. The summed E-state index contributed by atoms with van der Waals surface area (Å²) in [5.74, 6) is 2.24. The number of rotatable bonds is 9. The minimum Gasteiger partial charge on any atom is -0.497 e. The fourth-order valence-electron chi connectivity index (χ4n) is 5.58. The minimum absolute atomic E-state index is 0.0101. The van der Waals surface area contributed by atoms with E-state index in [1.54, 1.807) is 14.2 Å². The van der Waals surface area contributed by atoms with Crippen LogP contribution in [-0.4, -0.2) is 42.8 Å². The number of ether oxygens (including phenoxy) is 2. The summed E-state index contributed by atoms with van der Waals surface area (Å²) in [7, 11) is 3.39.